The van der Waals surface area contributed by atoms with Crippen LogP contribution in [0.15, 0.2) is 18.2 Å². The zero-order chi connectivity index (χ0) is 13.5. The number of hydrogen-bond donors (Lipinski definition) is 2. The summed E-state index contributed by atoms with van der Waals surface area (Å²) in [6.45, 7) is 2.65. The van der Waals surface area contributed by atoms with E-state index in [1.54, 1.807) is 6.07 Å². The molecule has 0 saturated heterocycles. The molecule has 1 atom stereocenters. The fraction of sp³-hybridized carbons (Fsp3) is 0.462. The number of hydrogen-bond acceptors (Lipinski definition) is 3. The van der Waals surface area contributed by atoms with Gasteiger partial charge in [-0.05, 0) is 31.0 Å². The van der Waals surface area contributed by atoms with E-state index in [9.17, 15) is 9.90 Å². The SMILES string of the molecule is COc1ccc(O)c(C(=O)NCCCC(C)Br)c1. The quantitative estimate of drug-likeness (QED) is 0.627. The number of aromatic hydroxyl groups is 1. The average molecular weight is 316 g/mol. The summed E-state index contributed by atoms with van der Waals surface area (Å²) in [4.78, 5) is 12.3. The molecule has 0 aromatic heterocycles. The molecule has 0 fully saturated rings. The minimum absolute atomic E-state index is 0.0397. The van der Waals surface area contributed by atoms with E-state index < -0.39 is 0 Å². The number of rotatable bonds is 6. The Morgan fingerprint density at radius 3 is 2.89 bits per heavy atom. The van der Waals surface area contributed by atoms with Gasteiger partial charge in [0.25, 0.3) is 5.91 Å². The first-order valence-electron chi connectivity index (χ1n) is 5.84. The van der Waals surface area contributed by atoms with Crippen molar-refractivity contribution in [1.82, 2.24) is 5.32 Å². The van der Waals surface area contributed by atoms with Gasteiger partial charge in [0.2, 0.25) is 0 Å². The molecule has 5 heteroatoms. The van der Waals surface area contributed by atoms with Gasteiger partial charge < -0.3 is 15.2 Å². The first-order valence-corrected chi connectivity index (χ1v) is 6.75. The maximum Gasteiger partial charge on any atom is 0.255 e. The van der Waals surface area contributed by atoms with Crippen molar-refractivity contribution < 1.29 is 14.6 Å². The highest BCUT2D eigenvalue weighted by atomic mass is 79.9. The van der Waals surface area contributed by atoms with Gasteiger partial charge >= 0.3 is 0 Å². The molecule has 1 aromatic rings. The standard InChI is InChI=1S/C13H18BrNO3/c1-9(14)4-3-7-15-13(17)11-8-10(18-2)5-6-12(11)16/h5-6,8-9,16H,3-4,7H2,1-2H3,(H,15,17). The lowest BCUT2D eigenvalue weighted by Crippen LogP contribution is -2.24. The highest BCUT2D eigenvalue weighted by molar-refractivity contribution is 9.09. The van der Waals surface area contributed by atoms with Gasteiger partial charge in [0.05, 0.1) is 12.7 Å². The number of carbonyl (C=O) groups excluding carboxylic acids is 1. The van der Waals surface area contributed by atoms with Crippen LogP contribution in [0.5, 0.6) is 11.5 Å². The maximum atomic E-state index is 11.8. The van der Waals surface area contributed by atoms with E-state index in [1.165, 1.54) is 19.2 Å². The molecule has 0 bridgehead atoms. The number of alkyl halides is 1. The predicted octanol–water partition coefficient (Wildman–Crippen LogP) is 2.69. The molecule has 1 rings (SSSR count). The van der Waals surface area contributed by atoms with Crippen LogP contribution < -0.4 is 10.1 Å². The summed E-state index contributed by atoms with van der Waals surface area (Å²) < 4.78 is 5.02. The number of phenolic OH excluding ortho intramolecular Hbond substituents is 1. The third-order valence-electron chi connectivity index (χ3n) is 2.51. The molecule has 1 aromatic carbocycles. The van der Waals surface area contributed by atoms with E-state index >= 15 is 0 Å². The molecule has 0 aliphatic rings. The van der Waals surface area contributed by atoms with Crippen LogP contribution in [0.4, 0.5) is 0 Å². The van der Waals surface area contributed by atoms with Crippen LogP contribution in [0, 0.1) is 0 Å². The van der Waals surface area contributed by atoms with Crippen LogP contribution >= 0.6 is 15.9 Å². The topological polar surface area (TPSA) is 58.6 Å². The normalized spacial score (nSPS) is 11.9. The van der Waals surface area contributed by atoms with Gasteiger partial charge in [-0.25, -0.2) is 0 Å². The van der Waals surface area contributed by atoms with Crippen molar-refractivity contribution in [2.75, 3.05) is 13.7 Å². The van der Waals surface area contributed by atoms with Crippen molar-refractivity contribution in [3.63, 3.8) is 0 Å². The molecule has 0 aliphatic heterocycles. The largest absolute Gasteiger partial charge is 0.507 e. The third kappa shape index (κ3) is 4.56. The highest BCUT2D eigenvalue weighted by Crippen LogP contribution is 2.22. The van der Waals surface area contributed by atoms with Gasteiger partial charge in [-0.2, -0.15) is 0 Å². The van der Waals surface area contributed by atoms with E-state index in [-0.39, 0.29) is 17.2 Å². The fourth-order valence-electron chi connectivity index (χ4n) is 1.50. The average Bonchev–Trinajstić information content (AvgIpc) is 2.34. The van der Waals surface area contributed by atoms with Crippen LogP contribution in [-0.4, -0.2) is 29.5 Å². The van der Waals surface area contributed by atoms with Gasteiger partial charge in [0.15, 0.2) is 0 Å². The smallest absolute Gasteiger partial charge is 0.255 e. The molecule has 0 radical (unpaired) electrons. The monoisotopic (exact) mass is 315 g/mol. The van der Waals surface area contributed by atoms with E-state index in [4.69, 9.17) is 4.74 Å². The summed E-state index contributed by atoms with van der Waals surface area (Å²) >= 11 is 3.45. The first-order chi connectivity index (χ1) is 8.54. The summed E-state index contributed by atoms with van der Waals surface area (Å²) in [5.41, 5.74) is 0.237. The van der Waals surface area contributed by atoms with Crippen LogP contribution in [0.25, 0.3) is 0 Å². The first kappa shape index (κ1) is 14.8. The Morgan fingerprint density at radius 2 is 2.28 bits per heavy atom. The van der Waals surface area contributed by atoms with Gasteiger partial charge in [-0.1, -0.05) is 22.9 Å². The van der Waals surface area contributed by atoms with Crippen molar-refractivity contribution in [3.05, 3.63) is 23.8 Å². The van der Waals surface area contributed by atoms with Crippen molar-refractivity contribution >= 4 is 21.8 Å². The van der Waals surface area contributed by atoms with Gasteiger partial charge in [0, 0.05) is 11.4 Å². The lowest BCUT2D eigenvalue weighted by atomic mass is 10.1. The number of benzene rings is 1. The van der Waals surface area contributed by atoms with E-state index in [0.29, 0.717) is 17.1 Å². The molecule has 0 aliphatic carbocycles. The predicted molar refractivity (Wildman–Crippen MR) is 74.6 cm³/mol. The lowest BCUT2D eigenvalue weighted by molar-refractivity contribution is 0.0950. The summed E-state index contributed by atoms with van der Waals surface area (Å²) in [7, 11) is 1.52. The van der Waals surface area contributed by atoms with Crippen LogP contribution in [-0.2, 0) is 0 Å². The molecular weight excluding hydrogens is 298 g/mol. The van der Waals surface area contributed by atoms with Crippen molar-refractivity contribution in [2.24, 2.45) is 0 Å². The number of methoxy groups -OCH3 is 1. The third-order valence-corrected chi connectivity index (χ3v) is 2.97. The molecule has 100 valence electrons. The number of amides is 1. The molecule has 1 amide bonds. The van der Waals surface area contributed by atoms with Crippen LogP contribution in [0.1, 0.15) is 30.1 Å². The zero-order valence-electron chi connectivity index (χ0n) is 10.6. The van der Waals surface area contributed by atoms with Gasteiger partial charge in [-0.15, -0.1) is 0 Å². The Balaban J connectivity index is 2.55. The van der Waals surface area contributed by atoms with Crippen LogP contribution in [0.2, 0.25) is 0 Å². The molecule has 0 spiro atoms. The molecule has 4 nitrogen and oxygen atoms in total. The molecule has 0 saturated carbocycles. The van der Waals surface area contributed by atoms with Crippen molar-refractivity contribution in [2.45, 2.75) is 24.6 Å². The Labute approximate surface area is 115 Å². The second kappa shape index (κ2) is 7.26. The minimum atomic E-state index is -0.284. The van der Waals surface area contributed by atoms with Crippen molar-refractivity contribution in [1.29, 1.82) is 0 Å². The van der Waals surface area contributed by atoms with Gasteiger partial charge in [0.1, 0.15) is 11.5 Å². The fourth-order valence-corrected chi connectivity index (χ4v) is 1.83. The number of carbonyl (C=O) groups is 1. The Hall–Kier alpha value is -1.23. The van der Waals surface area contributed by atoms with E-state index in [2.05, 4.69) is 28.2 Å². The molecular formula is C13H18BrNO3. The second-order valence-corrected chi connectivity index (χ2v) is 5.63. The number of phenols is 1. The maximum absolute atomic E-state index is 11.8. The van der Waals surface area contributed by atoms with E-state index in [0.717, 1.165) is 12.8 Å². The van der Waals surface area contributed by atoms with Gasteiger partial charge in [-0.3, -0.25) is 4.79 Å². The highest BCUT2D eigenvalue weighted by Gasteiger charge is 2.11. The molecule has 18 heavy (non-hydrogen) atoms. The molecule has 0 heterocycles. The number of nitrogens with one attached hydrogen (secondary N) is 1. The summed E-state index contributed by atoms with van der Waals surface area (Å²) in [6.07, 6.45) is 1.88. The minimum Gasteiger partial charge on any atom is -0.507 e. The second-order valence-electron chi connectivity index (χ2n) is 4.06. The summed E-state index contributed by atoms with van der Waals surface area (Å²) in [5, 5.41) is 12.4. The molecule has 1 unspecified atom stereocenters. The number of ether oxygens (including phenoxy) is 1. The lowest BCUT2D eigenvalue weighted by Gasteiger charge is -2.09. The van der Waals surface area contributed by atoms with E-state index in [1.807, 2.05) is 0 Å². The number of halogens is 1. The van der Waals surface area contributed by atoms with Crippen molar-refractivity contribution in [3.8, 4) is 11.5 Å². The summed E-state index contributed by atoms with van der Waals surface area (Å²) in [5.74, 6) is 0.225. The summed E-state index contributed by atoms with van der Waals surface area (Å²) in [6, 6.07) is 4.59. The van der Waals surface area contributed by atoms with Crippen LogP contribution in [0.3, 0.4) is 0 Å². The Morgan fingerprint density at radius 1 is 1.56 bits per heavy atom. The Bertz CT molecular complexity index is 407. The Kier molecular flexibility index (Phi) is 5.98. The zero-order valence-corrected chi connectivity index (χ0v) is 12.2. The molecule has 2 N–H and O–H groups in total.